The summed E-state index contributed by atoms with van der Waals surface area (Å²) in [4.78, 5) is 36.1. The fourth-order valence-electron chi connectivity index (χ4n) is 1.84. The van der Waals surface area contributed by atoms with E-state index in [1.165, 1.54) is 12.2 Å². The van der Waals surface area contributed by atoms with E-state index in [1.54, 1.807) is 24.3 Å². The van der Waals surface area contributed by atoms with Gasteiger partial charge < -0.3 is 4.79 Å². The summed E-state index contributed by atoms with van der Waals surface area (Å²) in [6.45, 7) is 2.00. The number of aliphatic imine (C=N–C) groups is 2. The van der Waals surface area contributed by atoms with Crippen molar-refractivity contribution in [3.05, 3.63) is 59.7 Å². The molecule has 0 fully saturated rings. The molecule has 5 heteroatoms. The topological polar surface area (TPSA) is 75.9 Å². The predicted molar refractivity (Wildman–Crippen MR) is 78.4 cm³/mol. The maximum absolute atomic E-state index is 10.4. The number of para-hydroxylation sites is 2. The number of hydrogen-bond acceptors (Lipinski definition) is 5. The van der Waals surface area contributed by atoms with E-state index in [0.29, 0.717) is 17.8 Å². The van der Waals surface area contributed by atoms with Crippen LogP contribution in [-0.2, 0) is 20.8 Å². The van der Waals surface area contributed by atoms with Crippen molar-refractivity contribution in [2.75, 3.05) is 0 Å². The third-order valence-corrected chi connectivity index (χ3v) is 2.70. The molecule has 21 heavy (non-hydrogen) atoms. The molecule has 0 saturated heterocycles. The average Bonchev–Trinajstić information content (AvgIpc) is 2.54. The van der Waals surface area contributed by atoms with Gasteiger partial charge in [0.15, 0.2) is 0 Å². The molecule has 0 aliphatic carbocycles. The molecule has 2 aromatic rings. The maximum atomic E-state index is 10.4. The van der Waals surface area contributed by atoms with Crippen LogP contribution in [0.4, 0.5) is 11.4 Å². The molecule has 104 valence electrons. The number of rotatable bonds is 4. The van der Waals surface area contributed by atoms with Crippen LogP contribution in [0.25, 0.3) is 0 Å². The van der Waals surface area contributed by atoms with Gasteiger partial charge in [0.2, 0.25) is 12.2 Å². The molecule has 2 rings (SSSR count). The summed E-state index contributed by atoms with van der Waals surface area (Å²) in [6.07, 6.45) is 3.61. The summed E-state index contributed by atoms with van der Waals surface area (Å²) >= 11 is 0. The van der Waals surface area contributed by atoms with E-state index in [4.69, 9.17) is 4.79 Å². The Labute approximate surface area is 121 Å². The van der Waals surface area contributed by atoms with Crippen molar-refractivity contribution in [2.45, 2.75) is 6.42 Å². The highest BCUT2D eigenvalue weighted by Gasteiger charge is 2.05. The monoisotopic (exact) mass is 280 g/mol. The van der Waals surface area contributed by atoms with Gasteiger partial charge in [0.25, 0.3) is 0 Å². The van der Waals surface area contributed by atoms with Crippen molar-refractivity contribution in [3.63, 3.8) is 0 Å². The van der Waals surface area contributed by atoms with Gasteiger partial charge in [-0.25, -0.2) is 9.59 Å². The van der Waals surface area contributed by atoms with Crippen molar-refractivity contribution in [3.8, 4) is 0 Å². The minimum absolute atomic E-state index is 0.530. The second kappa shape index (κ2) is 8.88. The minimum atomic E-state index is 0.530. The highest BCUT2D eigenvalue weighted by atomic mass is 16.1. The number of carbonyl (C=O) groups is 1. The molecular formula is C16H12N2O3. The summed E-state index contributed by atoms with van der Waals surface area (Å²) in [5.41, 5.74) is 2.89. The van der Waals surface area contributed by atoms with Gasteiger partial charge in [0, 0.05) is 6.42 Å². The van der Waals surface area contributed by atoms with Crippen LogP contribution < -0.4 is 0 Å². The highest BCUT2D eigenvalue weighted by molar-refractivity contribution is 5.59. The van der Waals surface area contributed by atoms with Crippen LogP contribution in [0.2, 0.25) is 0 Å². The van der Waals surface area contributed by atoms with Gasteiger partial charge in [0.05, 0.1) is 11.4 Å². The average molecular weight is 280 g/mol. The standard InChI is InChI=1S/C15H10N2O2.CH2O/c18-10-16-14-7-3-1-5-12(14)9-13-6-2-4-8-15(13)17-11-19;1-2/h1-8H,9H2;1H2. The van der Waals surface area contributed by atoms with E-state index in [-0.39, 0.29) is 0 Å². The smallest absolute Gasteiger partial charge is 0.240 e. The second-order valence-electron chi connectivity index (χ2n) is 3.84. The van der Waals surface area contributed by atoms with Crippen LogP contribution in [-0.4, -0.2) is 18.9 Å². The van der Waals surface area contributed by atoms with Crippen molar-refractivity contribution >= 4 is 30.3 Å². The molecule has 0 aliphatic rings. The summed E-state index contributed by atoms with van der Waals surface area (Å²) in [6, 6.07) is 14.6. The fourth-order valence-corrected chi connectivity index (χ4v) is 1.84. The van der Waals surface area contributed by atoms with Gasteiger partial charge in [-0.15, -0.1) is 0 Å². The van der Waals surface area contributed by atoms with E-state index in [1.807, 2.05) is 31.1 Å². The molecule has 0 aliphatic heterocycles. The van der Waals surface area contributed by atoms with Crippen LogP contribution in [0.1, 0.15) is 11.1 Å². The summed E-state index contributed by atoms with van der Waals surface area (Å²) < 4.78 is 0. The second-order valence-corrected chi connectivity index (χ2v) is 3.84. The van der Waals surface area contributed by atoms with E-state index >= 15 is 0 Å². The van der Waals surface area contributed by atoms with Crippen LogP contribution in [0.15, 0.2) is 58.5 Å². The number of benzene rings is 2. The van der Waals surface area contributed by atoms with Gasteiger partial charge in [-0.1, -0.05) is 36.4 Å². The number of hydrogen-bond donors (Lipinski definition) is 0. The Hall–Kier alpha value is -3.13. The largest absolute Gasteiger partial charge is 0.307 e. The first kappa shape index (κ1) is 15.9. The normalized spacial score (nSPS) is 8.57. The Morgan fingerprint density at radius 2 is 1.14 bits per heavy atom. The zero-order chi connectivity index (χ0) is 15.5. The van der Waals surface area contributed by atoms with Crippen LogP contribution in [0, 0.1) is 0 Å². The Bertz CT molecular complexity index is 641. The third kappa shape index (κ3) is 4.48. The summed E-state index contributed by atoms with van der Waals surface area (Å²) in [5, 5.41) is 0. The molecule has 0 aromatic heterocycles. The van der Waals surface area contributed by atoms with Crippen molar-refractivity contribution in [1.29, 1.82) is 0 Å². The zero-order valence-electron chi connectivity index (χ0n) is 11.2. The third-order valence-electron chi connectivity index (χ3n) is 2.70. The lowest BCUT2D eigenvalue weighted by atomic mass is 10.0. The molecule has 0 atom stereocenters. The molecule has 0 spiro atoms. The quantitative estimate of drug-likeness (QED) is 0.638. The summed E-state index contributed by atoms with van der Waals surface area (Å²) in [7, 11) is 0. The Morgan fingerprint density at radius 3 is 1.52 bits per heavy atom. The first-order chi connectivity index (χ1) is 10.3. The molecule has 5 nitrogen and oxygen atoms in total. The lowest BCUT2D eigenvalue weighted by Crippen LogP contribution is -1.89. The van der Waals surface area contributed by atoms with Gasteiger partial charge in [-0.05, 0) is 23.3 Å². The molecule has 0 heterocycles. The Kier molecular flexibility index (Phi) is 6.74. The molecule has 0 bridgehead atoms. The van der Waals surface area contributed by atoms with E-state index < -0.39 is 0 Å². The molecule has 0 radical (unpaired) electrons. The molecule has 2 aromatic carbocycles. The molecule has 0 amide bonds. The zero-order valence-corrected chi connectivity index (χ0v) is 11.2. The lowest BCUT2D eigenvalue weighted by molar-refractivity contribution is -0.0979. The fraction of sp³-hybridized carbons (Fsp3) is 0.0625. The summed E-state index contributed by atoms with van der Waals surface area (Å²) in [5.74, 6) is 0. The maximum Gasteiger partial charge on any atom is 0.240 e. The van der Waals surface area contributed by atoms with E-state index in [0.717, 1.165) is 11.1 Å². The molecule has 0 N–H and O–H groups in total. The molecular weight excluding hydrogens is 268 g/mol. The number of nitrogens with zero attached hydrogens (tertiary/aromatic N) is 2. The van der Waals surface area contributed by atoms with E-state index in [2.05, 4.69) is 9.98 Å². The molecule has 0 saturated carbocycles. The number of isocyanates is 2. The van der Waals surface area contributed by atoms with Gasteiger partial charge >= 0.3 is 0 Å². The van der Waals surface area contributed by atoms with Gasteiger partial charge in [-0.3, -0.25) is 0 Å². The van der Waals surface area contributed by atoms with Crippen molar-refractivity contribution < 1.29 is 14.4 Å². The lowest BCUT2D eigenvalue weighted by Gasteiger charge is -2.06. The van der Waals surface area contributed by atoms with Crippen LogP contribution >= 0.6 is 0 Å². The number of carbonyl (C=O) groups excluding carboxylic acids is 3. The van der Waals surface area contributed by atoms with Crippen molar-refractivity contribution in [2.24, 2.45) is 9.98 Å². The first-order valence-electron chi connectivity index (χ1n) is 5.95. The minimum Gasteiger partial charge on any atom is -0.307 e. The SMILES string of the molecule is C=O.O=C=Nc1ccccc1Cc1ccccc1N=C=O. The predicted octanol–water partition coefficient (Wildman–Crippen LogP) is 3.03. The molecule has 0 unspecified atom stereocenters. The van der Waals surface area contributed by atoms with Gasteiger partial charge in [0.1, 0.15) is 6.79 Å². The first-order valence-corrected chi connectivity index (χ1v) is 5.95. The Balaban J connectivity index is 0.00000106. The van der Waals surface area contributed by atoms with E-state index in [9.17, 15) is 9.59 Å². The van der Waals surface area contributed by atoms with Crippen molar-refractivity contribution in [1.82, 2.24) is 0 Å². The Morgan fingerprint density at radius 1 is 0.762 bits per heavy atom. The van der Waals surface area contributed by atoms with Crippen LogP contribution in [0.3, 0.4) is 0 Å². The van der Waals surface area contributed by atoms with Crippen LogP contribution in [0.5, 0.6) is 0 Å². The van der Waals surface area contributed by atoms with Gasteiger partial charge in [-0.2, -0.15) is 9.98 Å². The highest BCUT2D eigenvalue weighted by Crippen LogP contribution is 2.26.